The molecule has 6 heteroatoms. The molecular formula is C13H31NO4S. The minimum absolute atomic E-state index is 0. The van der Waals surface area contributed by atoms with Gasteiger partial charge in [-0.25, -0.2) is 0 Å². The van der Waals surface area contributed by atoms with Gasteiger partial charge in [-0.3, -0.25) is 4.55 Å². The highest BCUT2D eigenvalue weighted by Crippen LogP contribution is 2.09. The highest BCUT2D eigenvalue weighted by molar-refractivity contribution is 7.85. The molecule has 0 aromatic rings. The summed E-state index contributed by atoms with van der Waals surface area (Å²) in [4.78, 5) is 0. The zero-order chi connectivity index (χ0) is 14.1. The Morgan fingerprint density at radius 1 is 0.895 bits per heavy atom. The Labute approximate surface area is 118 Å². The second-order valence-corrected chi connectivity index (χ2v) is 7.36. The van der Waals surface area contributed by atoms with Crippen LogP contribution in [0.3, 0.4) is 0 Å². The van der Waals surface area contributed by atoms with Crippen LogP contribution in [0.5, 0.6) is 0 Å². The molecule has 0 radical (unpaired) electrons. The highest BCUT2D eigenvalue weighted by atomic mass is 32.2. The molecular weight excluding hydrogens is 266 g/mol. The SMILES string of the molecule is CCCCCCCC[N+](C)(C)CCCS(=O)(=O)O.[OH-]. The number of rotatable bonds is 11. The van der Waals surface area contributed by atoms with Gasteiger partial charge in [0.1, 0.15) is 0 Å². The fourth-order valence-electron chi connectivity index (χ4n) is 2.11. The van der Waals surface area contributed by atoms with E-state index in [1.807, 2.05) is 0 Å². The van der Waals surface area contributed by atoms with Crippen LogP contribution in [0.2, 0.25) is 0 Å². The molecule has 118 valence electrons. The number of unbranched alkanes of at least 4 members (excludes halogenated alkanes) is 5. The molecule has 0 rings (SSSR count). The van der Waals surface area contributed by atoms with Crippen molar-refractivity contribution in [3.8, 4) is 0 Å². The molecule has 0 aliphatic rings. The van der Waals surface area contributed by atoms with E-state index in [1.54, 1.807) is 0 Å². The summed E-state index contributed by atoms with van der Waals surface area (Å²) in [5, 5.41) is 0. The molecule has 5 nitrogen and oxygen atoms in total. The summed E-state index contributed by atoms with van der Waals surface area (Å²) in [6.45, 7) is 4.10. The van der Waals surface area contributed by atoms with E-state index < -0.39 is 10.1 Å². The molecule has 0 saturated heterocycles. The molecule has 2 N–H and O–H groups in total. The largest absolute Gasteiger partial charge is 0.870 e. The van der Waals surface area contributed by atoms with Crippen molar-refractivity contribution in [2.75, 3.05) is 32.9 Å². The Kier molecular flexibility index (Phi) is 11.8. The lowest BCUT2D eigenvalue weighted by Gasteiger charge is -2.29. The van der Waals surface area contributed by atoms with Crippen LogP contribution in [-0.2, 0) is 10.1 Å². The molecule has 0 aliphatic heterocycles. The lowest BCUT2D eigenvalue weighted by molar-refractivity contribution is -0.890. The van der Waals surface area contributed by atoms with Crippen LogP contribution in [0, 0.1) is 0 Å². The quantitative estimate of drug-likeness (QED) is 0.361. The van der Waals surface area contributed by atoms with Gasteiger partial charge in [0, 0.05) is 6.42 Å². The summed E-state index contributed by atoms with van der Waals surface area (Å²) in [5.74, 6) is -0.120. The lowest BCUT2D eigenvalue weighted by Crippen LogP contribution is -2.41. The molecule has 0 amide bonds. The molecule has 0 unspecified atom stereocenters. The second-order valence-electron chi connectivity index (χ2n) is 5.79. The Morgan fingerprint density at radius 3 is 1.89 bits per heavy atom. The van der Waals surface area contributed by atoms with E-state index in [0.717, 1.165) is 17.6 Å². The van der Waals surface area contributed by atoms with E-state index in [-0.39, 0.29) is 11.2 Å². The van der Waals surface area contributed by atoms with Gasteiger partial charge < -0.3 is 9.96 Å². The van der Waals surface area contributed by atoms with Crippen LogP contribution in [0.1, 0.15) is 51.9 Å². The van der Waals surface area contributed by atoms with Crippen molar-refractivity contribution < 1.29 is 22.9 Å². The van der Waals surface area contributed by atoms with Gasteiger partial charge in [-0.1, -0.05) is 32.6 Å². The van der Waals surface area contributed by atoms with Crippen molar-refractivity contribution in [1.29, 1.82) is 0 Å². The summed E-state index contributed by atoms with van der Waals surface area (Å²) in [6, 6.07) is 0. The van der Waals surface area contributed by atoms with E-state index >= 15 is 0 Å². The summed E-state index contributed by atoms with van der Waals surface area (Å²) in [5.41, 5.74) is 0. The predicted octanol–water partition coefficient (Wildman–Crippen LogP) is 2.52. The first-order valence-electron chi connectivity index (χ1n) is 7.04. The van der Waals surface area contributed by atoms with Crippen molar-refractivity contribution in [2.45, 2.75) is 51.9 Å². The predicted molar refractivity (Wildman–Crippen MR) is 78.2 cm³/mol. The van der Waals surface area contributed by atoms with Gasteiger partial charge in [0.25, 0.3) is 10.1 Å². The molecule has 0 aliphatic carbocycles. The summed E-state index contributed by atoms with van der Waals surface area (Å²) < 4.78 is 30.8. The van der Waals surface area contributed by atoms with Crippen LogP contribution >= 0.6 is 0 Å². The van der Waals surface area contributed by atoms with Crippen LogP contribution in [0.4, 0.5) is 0 Å². The minimum atomic E-state index is -3.79. The lowest BCUT2D eigenvalue weighted by atomic mass is 10.1. The van der Waals surface area contributed by atoms with Crippen LogP contribution in [0.25, 0.3) is 0 Å². The first-order valence-corrected chi connectivity index (χ1v) is 8.65. The van der Waals surface area contributed by atoms with Crippen molar-refractivity contribution in [2.24, 2.45) is 0 Å². The summed E-state index contributed by atoms with van der Waals surface area (Å²) in [7, 11) is 0.450. The molecule has 0 fully saturated rings. The summed E-state index contributed by atoms with van der Waals surface area (Å²) >= 11 is 0. The van der Waals surface area contributed by atoms with Crippen molar-refractivity contribution in [3.63, 3.8) is 0 Å². The van der Waals surface area contributed by atoms with Gasteiger partial charge in [-0.15, -0.1) is 0 Å². The standard InChI is InChI=1S/C13H29NO3S.H2O/c1-4-5-6-7-8-9-11-14(2,3)12-10-13-18(15,16)17;/h4-13H2,1-3H3;1H2. The smallest absolute Gasteiger partial charge is 0.265 e. The first kappa shape index (κ1) is 21.1. The maximum Gasteiger partial charge on any atom is 0.265 e. The topological polar surface area (TPSA) is 84.4 Å². The van der Waals surface area contributed by atoms with E-state index in [1.165, 1.54) is 38.5 Å². The Balaban J connectivity index is 0. The monoisotopic (exact) mass is 297 g/mol. The minimum Gasteiger partial charge on any atom is -0.870 e. The first-order chi connectivity index (χ1) is 8.27. The van der Waals surface area contributed by atoms with Gasteiger partial charge in [-0.2, -0.15) is 8.42 Å². The molecule has 0 atom stereocenters. The molecule has 0 heterocycles. The number of hydrogen-bond acceptors (Lipinski definition) is 3. The van der Waals surface area contributed by atoms with Gasteiger partial charge in [0.2, 0.25) is 0 Å². The zero-order valence-electron chi connectivity index (χ0n) is 12.6. The van der Waals surface area contributed by atoms with Gasteiger partial charge >= 0.3 is 0 Å². The average molecular weight is 297 g/mol. The Hall–Kier alpha value is -0.170. The van der Waals surface area contributed by atoms with E-state index in [9.17, 15) is 8.42 Å². The van der Waals surface area contributed by atoms with Crippen molar-refractivity contribution in [3.05, 3.63) is 0 Å². The molecule has 0 aromatic carbocycles. The maximum atomic E-state index is 10.6. The van der Waals surface area contributed by atoms with Crippen LogP contribution < -0.4 is 0 Å². The van der Waals surface area contributed by atoms with E-state index in [2.05, 4.69) is 21.0 Å². The molecule has 0 saturated carbocycles. The normalized spacial score (nSPS) is 12.2. The van der Waals surface area contributed by atoms with Gasteiger partial charge in [-0.05, 0) is 12.8 Å². The van der Waals surface area contributed by atoms with E-state index in [4.69, 9.17) is 4.55 Å². The Morgan fingerprint density at radius 2 is 1.37 bits per heavy atom. The number of nitrogens with zero attached hydrogens (tertiary/aromatic N) is 1. The third-order valence-electron chi connectivity index (χ3n) is 3.28. The summed E-state index contributed by atoms with van der Waals surface area (Å²) in [6.07, 6.45) is 8.22. The molecule has 0 aromatic heterocycles. The van der Waals surface area contributed by atoms with Gasteiger partial charge in [0.15, 0.2) is 0 Å². The second kappa shape index (κ2) is 10.6. The fraction of sp³-hybridized carbons (Fsp3) is 1.00. The van der Waals surface area contributed by atoms with Gasteiger partial charge in [0.05, 0.1) is 32.9 Å². The Bertz CT molecular complexity index is 302. The van der Waals surface area contributed by atoms with Crippen LogP contribution in [0.15, 0.2) is 0 Å². The third-order valence-corrected chi connectivity index (χ3v) is 4.09. The van der Waals surface area contributed by atoms with E-state index in [0.29, 0.717) is 6.42 Å². The fourth-order valence-corrected chi connectivity index (χ4v) is 2.60. The average Bonchev–Trinajstić information content (AvgIpc) is 2.21. The van der Waals surface area contributed by atoms with Crippen LogP contribution in [-0.4, -0.2) is 55.9 Å². The zero-order valence-corrected chi connectivity index (χ0v) is 13.5. The number of hydrogen-bond donors (Lipinski definition) is 1. The molecule has 0 bridgehead atoms. The number of quaternary nitrogens is 1. The maximum absolute atomic E-state index is 10.6. The van der Waals surface area contributed by atoms with Crippen molar-refractivity contribution in [1.82, 2.24) is 0 Å². The molecule has 19 heavy (non-hydrogen) atoms. The third kappa shape index (κ3) is 15.8. The highest BCUT2D eigenvalue weighted by Gasteiger charge is 2.15. The molecule has 0 spiro atoms. The van der Waals surface area contributed by atoms with Crippen molar-refractivity contribution >= 4 is 10.1 Å².